The van der Waals surface area contributed by atoms with E-state index in [2.05, 4.69) is 27.8 Å². The molecule has 0 saturated heterocycles. The molecule has 0 aliphatic carbocycles. The van der Waals surface area contributed by atoms with Crippen molar-refractivity contribution in [3.8, 4) is 11.8 Å². The van der Waals surface area contributed by atoms with E-state index in [1.54, 1.807) is 6.92 Å². The molecule has 72 valence electrons. The Morgan fingerprint density at radius 2 is 2.21 bits per heavy atom. The van der Waals surface area contributed by atoms with Crippen LogP contribution < -0.4 is 0 Å². The monoisotopic (exact) mass is 250 g/mol. The second-order valence-corrected chi connectivity index (χ2v) is 3.86. The van der Waals surface area contributed by atoms with Crippen LogP contribution in [0.2, 0.25) is 0 Å². The summed E-state index contributed by atoms with van der Waals surface area (Å²) in [5, 5.41) is 0. The molecule has 1 rings (SSSR count). The maximum atomic E-state index is 11.6. The van der Waals surface area contributed by atoms with Gasteiger partial charge < -0.3 is 0 Å². The smallest absolute Gasteiger partial charge is 0.175 e. The predicted molar refractivity (Wildman–Crippen MR) is 61.3 cm³/mol. The first-order chi connectivity index (χ1) is 6.65. The summed E-state index contributed by atoms with van der Waals surface area (Å²) in [6, 6.07) is 5.70. The molecule has 14 heavy (non-hydrogen) atoms. The van der Waals surface area contributed by atoms with Gasteiger partial charge >= 0.3 is 0 Å². The summed E-state index contributed by atoms with van der Waals surface area (Å²) in [4.78, 5) is 11.6. The van der Waals surface area contributed by atoms with E-state index >= 15 is 0 Å². The Hall–Kier alpha value is -1.07. The lowest BCUT2D eigenvalue weighted by molar-refractivity contribution is 0.0997. The molecular weight excluding hydrogens is 240 g/mol. The number of hydrogen-bond donors (Lipinski definition) is 0. The molecule has 0 bridgehead atoms. The van der Waals surface area contributed by atoms with Gasteiger partial charge in [-0.15, -0.1) is 5.92 Å². The molecule has 2 heteroatoms. The Kier molecular flexibility index (Phi) is 3.91. The highest BCUT2D eigenvalue weighted by molar-refractivity contribution is 9.10. The Balaban J connectivity index is 2.94. The molecule has 1 nitrogen and oxygen atoms in total. The van der Waals surface area contributed by atoms with Crippen LogP contribution in [0.3, 0.4) is 0 Å². The van der Waals surface area contributed by atoms with Crippen molar-refractivity contribution in [3.05, 3.63) is 33.8 Å². The fourth-order valence-electron chi connectivity index (χ4n) is 1.11. The Bertz CT molecular complexity index is 410. The highest BCUT2D eigenvalue weighted by atomic mass is 79.9. The summed E-state index contributed by atoms with van der Waals surface area (Å²) >= 11 is 3.37. The molecule has 0 amide bonds. The van der Waals surface area contributed by atoms with Gasteiger partial charge in [-0.3, -0.25) is 4.79 Å². The molecule has 0 aliphatic rings. The number of rotatable bonds is 2. The summed E-state index contributed by atoms with van der Waals surface area (Å²) in [6.45, 7) is 3.72. The Morgan fingerprint density at radius 3 is 2.79 bits per heavy atom. The van der Waals surface area contributed by atoms with Crippen molar-refractivity contribution in [2.24, 2.45) is 0 Å². The molecule has 0 unspecified atom stereocenters. The van der Waals surface area contributed by atoms with Crippen LogP contribution in [-0.4, -0.2) is 5.78 Å². The van der Waals surface area contributed by atoms with Crippen LogP contribution in [0.15, 0.2) is 22.7 Å². The molecule has 0 fully saturated rings. The van der Waals surface area contributed by atoms with Crippen molar-refractivity contribution in [1.82, 2.24) is 0 Å². The normalized spacial score (nSPS) is 9.07. The molecule has 0 radical (unpaired) electrons. The number of carbonyl (C=O) groups excluding carboxylic acids is 1. The van der Waals surface area contributed by atoms with Crippen LogP contribution in [0.25, 0.3) is 0 Å². The van der Waals surface area contributed by atoms with Gasteiger partial charge in [-0.1, -0.05) is 27.9 Å². The quantitative estimate of drug-likeness (QED) is 0.581. The number of benzene rings is 1. The molecular formula is C12H11BrO. The van der Waals surface area contributed by atoms with Crippen molar-refractivity contribution < 1.29 is 4.79 Å². The zero-order chi connectivity index (χ0) is 10.6. The zero-order valence-corrected chi connectivity index (χ0v) is 9.81. The van der Waals surface area contributed by atoms with Gasteiger partial charge in [-0.25, -0.2) is 0 Å². The van der Waals surface area contributed by atoms with Gasteiger partial charge in [0.05, 0.1) is 6.42 Å². The lowest BCUT2D eigenvalue weighted by atomic mass is 10.1. The van der Waals surface area contributed by atoms with Gasteiger partial charge in [0.2, 0.25) is 0 Å². The van der Waals surface area contributed by atoms with E-state index in [0.29, 0.717) is 5.56 Å². The van der Waals surface area contributed by atoms with Gasteiger partial charge in [-0.2, -0.15) is 0 Å². The predicted octanol–water partition coefficient (Wildman–Crippen LogP) is 3.35. The summed E-state index contributed by atoms with van der Waals surface area (Å²) in [6.07, 6.45) is 0.290. The molecule has 0 spiro atoms. The first-order valence-corrected chi connectivity index (χ1v) is 5.13. The summed E-state index contributed by atoms with van der Waals surface area (Å²) in [7, 11) is 0. The number of halogens is 1. The standard InChI is InChI=1S/C12H11BrO/c1-3-4-5-12(14)10-7-6-9(2)8-11(10)13/h6-8H,5H2,1-2H3. The van der Waals surface area contributed by atoms with Crippen molar-refractivity contribution >= 4 is 21.7 Å². The van der Waals surface area contributed by atoms with Crippen LogP contribution in [-0.2, 0) is 0 Å². The SMILES string of the molecule is CC#CCC(=O)c1ccc(C)cc1Br. The zero-order valence-electron chi connectivity index (χ0n) is 8.23. The molecule has 0 saturated carbocycles. The summed E-state index contributed by atoms with van der Waals surface area (Å²) < 4.78 is 0.848. The topological polar surface area (TPSA) is 17.1 Å². The maximum absolute atomic E-state index is 11.6. The maximum Gasteiger partial charge on any atom is 0.175 e. The van der Waals surface area contributed by atoms with Crippen molar-refractivity contribution in [1.29, 1.82) is 0 Å². The number of ketones is 1. The van der Waals surface area contributed by atoms with E-state index in [1.807, 2.05) is 25.1 Å². The second-order valence-electron chi connectivity index (χ2n) is 3.01. The molecule has 0 atom stereocenters. The number of carbonyl (C=O) groups is 1. The van der Waals surface area contributed by atoms with Gasteiger partial charge in [0.25, 0.3) is 0 Å². The average molecular weight is 251 g/mol. The van der Waals surface area contributed by atoms with Gasteiger partial charge in [0.1, 0.15) is 0 Å². The third-order valence-electron chi connectivity index (χ3n) is 1.85. The largest absolute Gasteiger partial charge is 0.293 e. The van der Waals surface area contributed by atoms with Crippen LogP contribution >= 0.6 is 15.9 Å². The minimum absolute atomic E-state index is 0.0613. The van der Waals surface area contributed by atoms with Crippen LogP contribution in [0.4, 0.5) is 0 Å². The lowest BCUT2D eigenvalue weighted by Crippen LogP contribution is -1.98. The van der Waals surface area contributed by atoms with E-state index in [-0.39, 0.29) is 12.2 Å². The molecule has 1 aromatic carbocycles. The molecule has 0 aromatic heterocycles. The van der Waals surface area contributed by atoms with Crippen molar-refractivity contribution in [3.63, 3.8) is 0 Å². The number of hydrogen-bond acceptors (Lipinski definition) is 1. The minimum atomic E-state index is 0.0613. The second kappa shape index (κ2) is 4.97. The molecule has 0 N–H and O–H groups in total. The third kappa shape index (κ3) is 2.71. The van der Waals surface area contributed by atoms with Crippen LogP contribution in [0, 0.1) is 18.8 Å². The van der Waals surface area contributed by atoms with E-state index in [4.69, 9.17) is 0 Å². The van der Waals surface area contributed by atoms with Gasteiger partial charge in [0, 0.05) is 10.0 Å². The first-order valence-electron chi connectivity index (χ1n) is 4.34. The summed E-state index contributed by atoms with van der Waals surface area (Å²) in [5.74, 6) is 5.54. The summed E-state index contributed by atoms with van der Waals surface area (Å²) in [5.41, 5.74) is 1.84. The highest BCUT2D eigenvalue weighted by Crippen LogP contribution is 2.19. The van der Waals surface area contributed by atoms with Crippen molar-refractivity contribution in [2.45, 2.75) is 20.3 Å². The molecule has 0 heterocycles. The lowest BCUT2D eigenvalue weighted by Gasteiger charge is -2.01. The number of aryl methyl sites for hydroxylation is 1. The van der Waals surface area contributed by atoms with Gasteiger partial charge in [-0.05, 0) is 31.5 Å². The fourth-order valence-corrected chi connectivity index (χ4v) is 1.82. The molecule has 0 aliphatic heterocycles. The fraction of sp³-hybridized carbons (Fsp3) is 0.250. The van der Waals surface area contributed by atoms with E-state index in [1.165, 1.54) is 0 Å². The van der Waals surface area contributed by atoms with Crippen LogP contribution in [0.5, 0.6) is 0 Å². The van der Waals surface area contributed by atoms with E-state index in [0.717, 1.165) is 10.0 Å². The Labute approximate surface area is 92.6 Å². The van der Waals surface area contributed by atoms with Gasteiger partial charge in [0.15, 0.2) is 5.78 Å². The minimum Gasteiger partial charge on any atom is -0.293 e. The third-order valence-corrected chi connectivity index (χ3v) is 2.51. The molecule has 1 aromatic rings. The van der Waals surface area contributed by atoms with Crippen LogP contribution in [0.1, 0.15) is 29.3 Å². The highest BCUT2D eigenvalue weighted by Gasteiger charge is 2.07. The Morgan fingerprint density at radius 1 is 1.50 bits per heavy atom. The van der Waals surface area contributed by atoms with E-state index in [9.17, 15) is 4.79 Å². The van der Waals surface area contributed by atoms with Crippen molar-refractivity contribution in [2.75, 3.05) is 0 Å². The number of Topliss-reactive ketones (excluding diaryl/α,β-unsaturated/α-hetero) is 1. The first kappa shape index (κ1) is 11.0. The average Bonchev–Trinajstić information content (AvgIpc) is 2.14. The van der Waals surface area contributed by atoms with E-state index < -0.39 is 0 Å².